The van der Waals surface area contributed by atoms with Crippen LogP contribution in [0.4, 0.5) is 0 Å². The molecule has 0 aromatic heterocycles. The molecule has 0 saturated heterocycles. The summed E-state index contributed by atoms with van der Waals surface area (Å²) in [6.45, 7) is 0.637. The lowest BCUT2D eigenvalue weighted by Gasteiger charge is -2.32. The van der Waals surface area contributed by atoms with Crippen LogP contribution in [-0.4, -0.2) is 37.8 Å². The normalized spacial score (nSPS) is 19.1. The van der Waals surface area contributed by atoms with Gasteiger partial charge in [-0.3, -0.25) is 0 Å². The molecular weight excluding hydrogens is 214 g/mol. The van der Waals surface area contributed by atoms with Gasteiger partial charge in [-0.05, 0) is 38.9 Å². The molecule has 2 rings (SSSR count). The van der Waals surface area contributed by atoms with Gasteiger partial charge in [-0.15, -0.1) is 0 Å². The number of likely N-dealkylation sites (N-methyl/N-ethyl adjacent to an activating group) is 1. The van der Waals surface area contributed by atoms with Crippen LogP contribution in [0.25, 0.3) is 0 Å². The number of para-hydroxylation sites is 1. The Hall–Kier alpha value is -1.06. The maximum absolute atomic E-state index is 11.0. The molecule has 1 aliphatic rings. The van der Waals surface area contributed by atoms with Crippen LogP contribution < -0.4 is 4.74 Å². The number of rotatable bonds is 5. The minimum atomic E-state index is -0.782. The molecule has 1 aliphatic carbocycles. The molecule has 1 fully saturated rings. The number of nitrogens with zero attached hydrogens (tertiary/aromatic N) is 1. The summed E-state index contributed by atoms with van der Waals surface area (Å²) in [6, 6.07) is 7.78. The predicted molar refractivity (Wildman–Crippen MR) is 68.2 cm³/mol. The molecule has 0 heterocycles. The number of methoxy groups -OCH3 is 1. The standard InChI is InChI=1S/C14H21NO2/c1-15(2)10-14(16,11-8-9-11)12-6-4-5-7-13(12)17-3/h4-7,11,16H,8-10H2,1-3H3. The van der Waals surface area contributed by atoms with Crippen LogP contribution in [0, 0.1) is 5.92 Å². The highest BCUT2D eigenvalue weighted by molar-refractivity contribution is 5.39. The Bertz CT molecular complexity index is 388. The molecule has 17 heavy (non-hydrogen) atoms. The zero-order valence-electron chi connectivity index (χ0n) is 10.8. The zero-order chi connectivity index (χ0) is 12.5. The average Bonchev–Trinajstić information content (AvgIpc) is 3.12. The molecule has 1 aromatic rings. The van der Waals surface area contributed by atoms with Gasteiger partial charge < -0.3 is 14.7 Å². The Morgan fingerprint density at radius 3 is 2.53 bits per heavy atom. The number of aliphatic hydroxyl groups is 1. The summed E-state index contributed by atoms with van der Waals surface area (Å²) in [5.41, 5.74) is 0.134. The molecule has 1 atom stereocenters. The SMILES string of the molecule is COc1ccccc1C(O)(CN(C)C)C1CC1. The lowest BCUT2D eigenvalue weighted by Crippen LogP contribution is -2.39. The molecule has 1 N–H and O–H groups in total. The minimum absolute atomic E-state index is 0.362. The van der Waals surface area contributed by atoms with E-state index in [2.05, 4.69) is 0 Å². The summed E-state index contributed by atoms with van der Waals surface area (Å²) in [7, 11) is 5.63. The van der Waals surface area contributed by atoms with E-state index in [-0.39, 0.29) is 0 Å². The third-order valence-electron chi connectivity index (χ3n) is 3.38. The van der Waals surface area contributed by atoms with Crippen LogP contribution in [0.1, 0.15) is 18.4 Å². The molecule has 0 bridgehead atoms. The van der Waals surface area contributed by atoms with Crippen LogP contribution in [-0.2, 0) is 5.60 Å². The molecule has 1 unspecified atom stereocenters. The van der Waals surface area contributed by atoms with E-state index in [0.717, 1.165) is 24.2 Å². The summed E-state index contributed by atoms with van der Waals surface area (Å²) in [4.78, 5) is 2.03. The molecule has 0 amide bonds. The third-order valence-corrected chi connectivity index (χ3v) is 3.38. The van der Waals surface area contributed by atoms with Crippen molar-refractivity contribution < 1.29 is 9.84 Å². The first kappa shape index (κ1) is 12.4. The molecule has 0 aliphatic heterocycles. The molecule has 0 radical (unpaired) electrons. The fourth-order valence-corrected chi connectivity index (χ4v) is 2.48. The predicted octanol–water partition coefficient (Wildman–Crippen LogP) is 1.85. The highest BCUT2D eigenvalue weighted by Gasteiger charge is 2.46. The van der Waals surface area contributed by atoms with Gasteiger partial charge in [-0.1, -0.05) is 18.2 Å². The Labute approximate surface area is 103 Å². The quantitative estimate of drug-likeness (QED) is 0.845. The van der Waals surface area contributed by atoms with Crippen LogP contribution in [0.5, 0.6) is 5.75 Å². The maximum atomic E-state index is 11.0. The van der Waals surface area contributed by atoms with E-state index in [0.29, 0.717) is 12.5 Å². The van der Waals surface area contributed by atoms with Gasteiger partial charge in [0, 0.05) is 12.1 Å². The van der Waals surface area contributed by atoms with E-state index < -0.39 is 5.60 Å². The number of hydrogen-bond acceptors (Lipinski definition) is 3. The maximum Gasteiger partial charge on any atom is 0.125 e. The van der Waals surface area contributed by atoms with Crippen molar-refractivity contribution in [3.8, 4) is 5.75 Å². The third kappa shape index (κ3) is 2.45. The van der Waals surface area contributed by atoms with Crippen molar-refractivity contribution in [2.75, 3.05) is 27.7 Å². The molecule has 0 spiro atoms. The van der Waals surface area contributed by atoms with E-state index in [1.165, 1.54) is 0 Å². The monoisotopic (exact) mass is 235 g/mol. The minimum Gasteiger partial charge on any atom is -0.496 e. The average molecular weight is 235 g/mol. The first-order valence-corrected chi connectivity index (χ1v) is 6.08. The Morgan fingerprint density at radius 1 is 1.35 bits per heavy atom. The summed E-state index contributed by atoms with van der Waals surface area (Å²) in [5.74, 6) is 1.14. The van der Waals surface area contributed by atoms with Crippen LogP contribution >= 0.6 is 0 Å². The summed E-state index contributed by atoms with van der Waals surface area (Å²) in [5, 5.41) is 11.0. The Balaban J connectivity index is 2.38. The van der Waals surface area contributed by atoms with Crippen molar-refractivity contribution >= 4 is 0 Å². The highest BCUT2D eigenvalue weighted by Crippen LogP contribution is 2.48. The number of benzene rings is 1. The van der Waals surface area contributed by atoms with Crippen molar-refractivity contribution in [2.45, 2.75) is 18.4 Å². The van der Waals surface area contributed by atoms with Gasteiger partial charge in [-0.2, -0.15) is 0 Å². The van der Waals surface area contributed by atoms with E-state index in [1.807, 2.05) is 43.3 Å². The van der Waals surface area contributed by atoms with Gasteiger partial charge in [-0.25, -0.2) is 0 Å². The molecule has 3 nitrogen and oxygen atoms in total. The highest BCUT2D eigenvalue weighted by atomic mass is 16.5. The Kier molecular flexibility index (Phi) is 3.40. The first-order chi connectivity index (χ1) is 8.08. The molecule has 1 aromatic carbocycles. The summed E-state index contributed by atoms with van der Waals surface area (Å²) < 4.78 is 5.37. The van der Waals surface area contributed by atoms with E-state index in [9.17, 15) is 5.11 Å². The van der Waals surface area contributed by atoms with Gasteiger partial charge in [0.15, 0.2) is 0 Å². The van der Waals surface area contributed by atoms with Crippen molar-refractivity contribution in [3.63, 3.8) is 0 Å². The first-order valence-electron chi connectivity index (χ1n) is 6.08. The second-order valence-corrected chi connectivity index (χ2v) is 5.14. The second-order valence-electron chi connectivity index (χ2n) is 5.14. The number of ether oxygens (including phenoxy) is 1. The summed E-state index contributed by atoms with van der Waals surface area (Å²) >= 11 is 0. The van der Waals surface area contributed by atoms with Gasteiger partial charge in [0.25, 0.3) is 0 Å². The molecule has 3 heteroatoms. The summed E-state index contributed by atoms with van der Waals surface area (Å²) in [6.07, 6.45) is 2.20. The molecule has 94 valence electrons. The van der Waals surface area contributed by atoms with Crippen molar-refractivity contribution in [1.29, 1.82) is 0 Å². The van der Waals surface area contributed by atoms with E-state index >= 15 is 0 Å². The smallest absolute Gasteiger partial charge is 0.125 e. The fraction of sp³-hybridized carbons (Fsp3) is 0.571. The van der Waals surface area contributed by atoms with Crippen molar-refractivity contribution in [3.05, 3.63) is 29.8 Å². The Morgan fingerprint density at radius 2 is 2.00 bits per heavy atom. The van der Waals surface area contributed by atoms with Gasteiger partial charge in [0.1, 0.15) is 11.4 Å². The number of hydrogen-bond donors (Lipinski definition) is 1. The fourth-order valence-electron chi connectivity index (χ4n) is 2.48. The molecule has 1 saturated carbocycles. The van der Waals surface area contributed by atoms with Gasteiger partial charge in [0.2, 0.25) is 0 Å². The zero-order valence-corrected chi connectivity index (χ0v) is 10.8. The lowest BCUT2D eigenvalue weighted by atomic mass is 9.87. The van der Waals surface area contributed by atoms with Crippen LogP contribution in [0.3, 0.4) is 0 Å². The lowest BCUT2D eigenvalue weighted by molar-refractivity contribution is -0.0118. The van der Waals surface area contributed by atoms with Gasteiger partial charge >= 0.3 is 0 Å². The van der Waals surface area contributed by atoms with Crippen LogP contribution in [0.15, 0.2) is 24.3 Å². The molecular formula is C14H21NO2. The van der Waals surface area contributed by atoms with E-state index in [4.69, 9.17) is 4.74 Å². The van der Waals surface area contributed by atoms with Crippen molar-refractivity contribution in [1.82, 2.24) is 4.90 Å². The topological polar surface area (TPSA) is 32.7 Å². The second kappa shape index (κ2) is 4.67. The van der Waals surface area contributed by atoms with Crippen molar-refractivity contribution in [2.24, 2.45) is 5.92 Å². The van der Waals surface area contributed by atoms with Gasteiger partial charge in [0.05, 0.1) is 7.11 Å². The van der Waals surface area contributed by atoms with E-state index in [1.54, 1.807) is 7.11 Å². The largest absolute Gasteiger partial charge is 0.496 e. The van der Waals surface area contributed by atoms with Crippen LogP contribution in [0.2, 0.25) is 0 Å².